The van der Waals surface area contributed by atoms with Crippen molar-refractivity contribution >= 4 is 49.4 Å². The van der Waals surface area contributed by atoms with Crippen LogP contribution in [0.4, 0.5) is 5.69 Å². The summed E-state index contributed by atoms with van der Waals surface area (Å²) in [5.41, 5.74) is 14.2. The smallest absolute Gasteiger partial charge is 0.135 e. The molecule has 0 saturated carbocycles. The lowest BCUT2D eigenvalue weighted by Gasteiger charge is -2.30. The van der Waals surface area contributed by atoms with Crippen molar-refractivity contribution in [2.24, 2.45) is 0 Å². The van der Waals surface area contributed by atoms with Crippen LogP contribution in [0.5, 0.6) is 0 Å². The van der Waals surface area contributed by atoms with Gasteiger partial charge < -0.3 is 13.9 Å². The average Bonchev–Trinajstić information content (AvgIpc) is 3.77. The quantitative estimate of drug-likeness (QED) is 0.204. The third-order valence-electron chi connectivity index (χ3n) is 9.54. The highest BCUT2D eigenvalue weighted by atomic mass is 16.3. The van der Waals surface area contributed by atoms with Crippen LogP contribution in [0.25, 0.3) is 71.8 Å². The SMILES string of the molecule is CC1c2c(-c3ccccn3)cc(-c3ccc4oc5ccccc5c4c3)cc2-n2c3ccccc3c3cc(N4CC4)cc1c32. The monoisotopic (exact) mass is 553 g/mol. The number of anilines is 1. The number of hydrogen-bond donors (Lipinski definition) is 0. The molecule has 2 aliphatic heterocycles. The maximum atomic E-state index is 6.17. The van der Waals surface area contributed by atoms with Crippen LogP contribution >= 0.6 is 0 Å². The number of pyridine rings is 1. The Kier molecular flexibility index (Phi) is 4.52. The molecule has 8 aromatic rings. The van der Waals surface area contributed by atoms with E-state index in [1.54, 1.807) is 0 Å². The third kappa shape index (κ3) is 3.23. The summed E-state index contributed by atoms with van der Waals surface area (Å²) in [5.74, 6) is 0.209. The second kappa shape index (κ2) is 8.36. The van der Waals surface area contributed by atoms with E-state index >= 15 is 0 Å². The van der Waals surface area contributed by atoms with Gasteiger partial charge in [0, 0.05) is 58.0 Å². The molecule has 1 atom stereocenters. The molecule has 0 amide bonds. The number of fused-ring (bicyclic) bond motifs is 8. The van der Waals surface area contributed by atoms with Crippen molar-refractivity contribution in [3.8, 4) is 28.1 Å². The summed E-state index contributed by atoms with van der Waals surface area (Å²) in [6.45, 7) is 4.64. The van der Waals surface area contributed by atoms with Gasteiger partial charge >= 0.3 is 0 Å². The Morgan fingerprint density at radius 3 is 2.37 bits per heavy atom. The van der Waals surface area contributed by atoms with Gasteiger partial charge in [-0.3, -0.25) is 4.98 Å². The Balaban J connectivity index is 1.32. The zero-order chi connectivity index (χ0) is 28.2. The average molecular weight is 554 g/mol. The molecule has 0 radical (unpaired) electrons. The topological polar surface area (TPSA) is 34.0 Å². The van der Waals surface area contributed by atoms with E-state index in [1.165, 1.54) is 61.0 Å². The second-order valence-electron chi connectivity index (χ2n) is 12.0. The summed E-state index contributed by atoms with van der Waals surface area (Å²) in [6, 6.07) is 39.6. The van der Waals surface area contributed by atoms with Gasteiger partial charge in [0.1, 0.15) is 11.2 Å². The molecule has 4 nitrogen and oxygen atoms in total. The molecule has 1 unspecified atom stereocenters. The summed E-state index contributed by atoms with van der Waals surface area (Å²) in [6.07, 6.45) is 1.90. The fourth-order valence-corrected chi connectivity index (χ4v) is 7.42. The van der Waals surface area contributed by atoms with Crippen molar-refractivity contribution in [3.63, 3.8) is 0 Å². The number of nitrogens with zero attached hydrogens (tertiary/aromatic N) is 3. The van der Waals surface area contributed by atoms with Gasteiger partial charge in [-0.25, -0.2) is 0 Å². The molecular weight excluding hydrogens is 526 g/mol. The van der Waals surface area contributed by atoms with Crippen LogP contribution in [-0.2, 0) is 0 Å². The van der Waals surface area contributed by atoms with E-state index in [-0.39, 0.29) is 5.92 Å². The number of aromatic nitrogens is 2. The first-order valence-corrected chi connectivity index (χ1v) is 15.1. The van der Waals surface area contributed by atoms with E-state index in [2.05, 4.69) is 107 Å². The van der Waals surface area contributed by atoms with Crippen LogP contribution in [0, 0.1) is 0 Å². The maximum Gasteiger partial charge on any atom is 0.135 e. The molecule has 4 heteroatoms. The highest BCUT2D eigenvalue weighted by Gasteiger charge is 2.32. The third-order valence-corrected chi connectivity index (χ3v) is 9.54. The van der Waals surface area contributed by atoms with Crippen molar-refractivity contribution < 1.29 is 4.42 Å². The van der Waals surface area contributed by atoms with Crippen LogP contribution in [0.1, 0.15) is 24.0 Å². The number of rotatable bonds is 3. The van der Waals surface area contributed by atoms with Gasteiger partial charge in [-0.05, 0) is 82.9 Å². The largest absolute Gasteiger partial charge is 0.456 e. The zero-order valence-corrected chi connectivity index (χ0v) is 23.7. The van der Waals surface area contributed by atoms with Crippen molar-refractivity contribution in [3.05, 3.63) is 127 Å². The fourth-order valence-electron chi connectivity index (χ4n) is 7.42. The summed E-state index contributed by atoms with van der Waals surface area (Å²) in [4.78, 5) is 7.35. The van der Waals surface area contributed by atoms with Crippen molar-refractivity contribution in [1.29, 1.82) is 0 Å². The van der Waals surface area contributed by atoms with Crippen LogP contribution in [0.2, 0.25) is 0 Å². The number of benzene rings is 5. The highest BCUT2D eigenvalue weighted by Crippen LogP contribution is 2.50. The second-order valence-corrected chi connectivity index (χ2v) is 12.0. The zero-order valence-electron chi connectivity index (χ0n) is 23.7. The Labute approximate surface area is 248 Å². The van der Waals surface area contributed by atoms with Crippen molar-refractivity contribution in [2.45, 2.75) is 12.8 Å². The lowest BCUT2D eigenvalue weighted by Crippen LogP contribution is -2.14. The molecular formula is C39H27N3O. The molecule has 5 heterocycles. The van der Waals surface area contributed by atoms with Crippen molar-refractivity contribution in [2.75, 3.05) is 18.0 Å². The number of furan rings is 1. The van der Waals surface area contributed by atoms with E-state index in [1.807, 2.05) is 24.4 Å². The van der Waals surface area contributed by atoms with E-state index in [9.17, 15) is 0 Å². The Hall–Kier alpha value is -5.35. The van der Waals surface area contributed by atoms with Crippen LogP contribution in [0.15, 0.2) is 120 Å². The first kappa shape index (κ1) is 23.2. The molecule has 2 aliphatic rings. The highest BCUT2D eigenvalue weighted by molar-refractivity contribution is 6.13. The predicted octanol–water partition coefficient (Wildman–Crippen LogP) is 9.70. The molecule has 1 saturated heterocycles. The summed E-state index contributed by atoms with van der Waals surface area (Å²) < 4.78 is 8.69. The van der Waals surface area contributed by atoms with Gasteiger partial charge in [0.2, 0.25) is 0 Å². The molecule has 10 rings (SSSR count). The number of hydrogen-bond acceptors (Lipinski definition) is 3. The first-order chi connectivity index (χ1) is 21.2. The van der Waals surface area contributed by atoms with E-state index in [0.717, 1.165) is 40.7 Å². The summed E-state index contributed by atoms with van der Waals surface area (Å²) in [7, 11) is 0. The Bertz CT molecular complexity index is 2430. The van der Waals surface area contributed by atoms with Crippen LogP contribution in [0.3, 0.4) is 0 Å². The molecule has 0 bridgehead atoms. The fraction of sp³-hybridized carbons (Fsp3) is 0.103. The molecule has 0 spiro atoms. The Morgan fingerprint density at radius 2 is 1.51 bits per heavy atom. The van der Waals surface area contributed by atoms with Gasteiger partial charge in [-0.1, -0.05) is 55.5 Å². The molecule has 5 aromatic carbocycles. The summed E-state index contributed by atoms with van der Waals surface area (Å²) >= 11 is 0. The van der Waals surface area contributed by atoms with Gasteiger partial charge in [-0.15, -0.1) is 0 Å². The minimum absolute atomic E-state index is 0.209. The lowest BCUT2D eigenvalue weighted by molar-refractivity contribution is 0.669. The van der Waals surface area contributed by atoms with Crippen LogP contribution < -0.4 is 4.90 Å². The van der Waals surface area contributed by atoms with Gasteiger partial charge in [0.25, 0.3) is 0 Å². The van der Waals surface area contributed by atoms with Gasteiger partial charge in [-0.2, -0.15) is 0 Å². The molecule has 204 valence electrons. The molecule has 0 N–H and O–H groups in total. The minimum atomic E-state index is 0.209. The summed E-state index contributed by atoms with van der Waals surface area (Å²) in [5, 5.41) is 4.92. The van der Waals surface area contributed by atoms with Crippen LogP contribution in [-0.4, -0.2) is 22.6 Å². The molecule has 3 aromatic heterocycles. The van der Waals surface area contributed by atoms with Gasteiger partial charge in [0.15, 0.2) is 0 Å². The Morgan fingerprint density at radius 1 is 0.698 bits per heavy atom. The standard InChI is InChI=1S/C39H27N3O/c1-23-29-21-26(41-16-17-41)22-31-27-8-2-4-11-34(27)42(39(29)31)35-20-25(19-32(38(23)35)33-10-6-7-15-40-33)24-13-14-37-30(18-24)28-9-3-5-12-36(28)43-37/h2-15,18-23H,16-17H2,1H3. The van der Waals surface area contributed by atoms with E-state index in [0.29, 0.717) is 0 Å². The van der Waals surface area contributed by atoms with Crippen molar-refractivity contribution in [1.82, 2.24) is 9.55 Å². The molecule has 43 heavy (non-hydrogen) atoms. The number of para-hydroxylation sites is 2. The molecule has 1 fully saturated rings. The van der Waals surface area contributed by atoms with Gasteiger partial charge in [0.05, 0.1) is 22.4 Å². The minimum Gasteiger partial charge on any atom is -0.456 e. The maximum absolute atomic E-state index is 6.17. The lowest BCUT2D eigenvalue weighted by atomic mass is 9.82. The first-order valence-electron chi connectivity index (χ1n) is 15.1. The van der Waals surface area contributed by atoms with E-state index in [4.69, 9.17) is 9.40 Å². The predicted molar refractivity (Wildman–Crippen MR) is 176 cm³/mol. The normalized spacial score (nSPS) is 15.6. The molecule has 0 aliphatic carbocycles. The van der Waals surface area contributed by atoms with E-state index < -0.39 is 0 Å².